The lowest BCUT2D eigenvalue weighted by Crippen LogP contribution is -2.34. The van der Waals surface area contributed by atoms with Crippen LogP contribution in [0.1, 0.15) is 124 Å². The Hall–Kier alpha value is -1.92. The normalized spacial score (nSPS) is 25.4. The van der Waals surface area contributed by atoms with Crippen molar-refractivity contribution in [3.8, 4) is 0 Å². The summed E-state index contributed by atoms with van der Waals surface area (Å²) < 4.78 is 46.5. The lowest BCUT2D eigenvalue weighted by atomic mass is 9.68. The summed E-state index contributed by atoms with van der Waals surface area (Å²) >= 11 is 0. The van der Waals surface area contributed by atoms with Crippen LogP contribution >= 0.6 is 0 Å². The van der Waals surface area contributed by atoms with Crippen LogP contribution in [0.25, 0.3) is 0 Å². The van der Waals surface area contributed by atoms with Crippen molar-refractivity contribution in [1.29, 1.82) is 0 Å². The van der Waals surface area contributed by atoms with Gasteiger partial charge in [-0.25, -0.2) is 0 Å². The summed E-state index contributed by atoms with van der Waals surface area (Å²) in [6, 6.07) is 5.37. The molecule has 3 aliphatic rings. The quantitative estimate of drug-likeness (QED) is 0.491. The lowest BCUT2D eigenvalue weighted by molar-refractivity contribution is -0.137. The van der Waals surface area contributed by atoms with E-state index in [4.69, 9.17) is 9.72 Å². The smallest absolute Gasteiger partial charge is 0.388 e. The van der Waals surface area contributed by atoms with Gasteiger partial charge < -0.3 is 9.84 Å². The molecule has 1 spiro atoms. The molecule has 0 saturated heterocycles. The van der Waals surface area contributed by atoms with Gasteiger partial charge in [-0.3, -0.25) is 4.98 Å². The van der Waals surface area contributed by atoms with E-state index in [0.717, 1.165) is 78.7 Å². The topological polar surface area (TPSA) is 42.4 Å². The summed E-state index contributed by atoms with van der Waals surface area (Å²) in [7, 11) is 0. The maximum absolute atomic E-state index is 13.2. The van der Waals surface area contributed by atoms with Gasteiger partial charge in [0.15, 0.2) is 0 Å². The molecule has 6 heteroatoms. The number of fused-ring (bicyclic) bond motifs is 4. The van der Waals surface area contributed by atoms with Gasteiger partial charge in [0.2, 0.25) is 0 Å². The van der Waals surface area contributed by atoms with Crippen molar-refractivity contribution in [2.45, 2.75) is 103 Å². The van der Waals surface area contributed by atoms with Gasteiger partial charge in [0, 0.05) is 22.5 Å². The fourth-order valence-corrected chi connectivity index (χ4v) is 6.44. The summed E-state index contributed by atoms with van der Waals surface area (Å²) in [6.07, 6.45) is 0.932. The summed E-state index contributed by atoms with van der Waals surface area (Å²) in [5.41, 5.74) is 4.41. The molecule has 1 aromatic heterocycles. The van der Waals surface area contributed by atoms with Crippen LogP contribution in [0.3, 0.4) is 0 Å². The zero-order valence-corrected chi connectivity index (χ0v) is 20.4. The minimum Gasteiger partial charge on any atom is -0.388 e. The number of benzene rings is 1. The minimum absolute atomic E-state index is 0.0477. The van der Waals surface area contributed by atoms with Crippen LogP contribution in [-0.4, -0.2) is 10.1 Å². The largest absolute Gasteiger partial charge is 0.416 e. The van der Waals surface area contributed by atoms with Gasteiger partial charge in [0.05, 0.1) is 17.3 Å². The van der Waals surface area contributed by atoms with Crippen molar-refractivity contribution in [3.63, 3.8) is 0 Å². The van der Waals surface area contributed by atoms with Gasteiger partial charge in [-0.1, -0.05) is 59.1 Å². The fourth-order valence-electron chi connectivity index (χ4n) is 6.44. The molecule has 1 aliphatic heterocycles. The number of aliphatic hydroxyl groups is 1. The number of aromatic nitrogens is 1. The van der Waals surface area contributed by atoms with Crippen LogP contribution in [0.5, 0.6) is 0 Å². The third-order valence-electron chi connectivity index (χ3n) is 7.92. The van der Waals surface area contributed by atoms with Gasteiger partial charge in [-0.2, -0.15) is 13.2 Å². The van der Waals surface area contributed by atoms with E-state index in [-0.39, 0.29) is 11.3 Å². The van der Waals surface area contributed by atoms with E-state index in [2.05, 4.69) is 27.7 Å². The Morgan fingerprint density at radius 2 is 1.68 bits per heavy atom. The molecule has 1 saturated carbocycles. The highest BCUT2D eigenvalue weighted by molar-refractivity contribution is 5.54. The maximum atomic E-state index is 13.2. The third-order valence-corrected chi connectivity index (χ3v) is 7.92. The Morgan fingerprint density at radius 3 is 2.26 bits per heavy atom. The molecular weight excluding hydrogens is 439 g/mol. The van der Waals surface area contributed by atoms with Crippen LogP contribution in [0.4, 0.5) is 13.2 Å². The molecular formula is C28H34F3NO2. The first-order valence-corrected chi connectivity index (χ1v) is 12.5. The Kier molecular flexibility index (Phi) is 5.64. The van der Waals surface area contributed by atoms with Gasteiger partial charge >= 0.3 is 6.18 Å². The highest BCUT2D eigenvalue weighted by Gasteiger charge is 2.52. The molecule has 2 heterocycles. The number of hydrogen-bond acceptors (Lipinski definition) is 3. The van der Waals surface area contributed by atoms with Crippen molar-refractivity contribution in [2.75, 3.05) is 0 Å². The second kappa shape index (κ2) is 8.06. The fraction of sp³-hybridized carbons (Fsp3) is 0.607. The van der Waals surface area contributed by atoms with Crippen LogP contribution in [0.2, 0.25) is 0 Å². The highest BCUT2D eigenvalue weighted by Crippen LogP contribution is 2.58. The number of nitrogens with zero attached hydrogens (tertiary/aromatic N) is 1. The van der Waals surface area contributed by atoms with Gasteiger partial charge in [0.1, 0.15) is 6.10 Å². The zero-order valence-electron chi connectivity index (χ0n) is 20.4. The average molecular weight is 474 g/mol. The Balaban J connectivity index is 1.74. The Morgan fingerprint density at radius 1 is 1.03 bits per heavy atom. The molecule has 1 N–H and O–H groups in total. The van der Waals surface area contributed by atoms with E-state index in [1.165, 1.54) is 0 Å². The minimum atomic E-state index is -4.38. The number of ether oxygens (including phenoxy) is 1. The molecule has 2 aliphatic carbocycles. The molecule has 0 radical (unpaired) electrons. The van der Waals surface area contributed by atoms with Crippen molar-refractivity contribution in [3.05, 3.63) is 63.5 Å². The van der Waals surface area contributed by atoms with Crippen molar-refractivity contribution < 1.29 is 23.0 Å². The summed E-state index contributed by atoms with van der Waals surface area (Å²) in [5, 5.41) is 11.4. The zero-order chi connectivity index (χ0) is 24.5. The SMILES string of the molecule is CC(C)c1nc2c(c3c1[C@@H](c1ccc(C(F)(F)F)cc1)OC31CCCCC1)C(O)CC(C)(C)C2. The molecule has 1 fully saturated rings. The first-order chi connectivity index (χ1) is 15.9. The first kappa shape index (κ1) is 23.8. The van der Waals surface area contributed by atoms with E-state index >= 15 is 0 Å². The summed E-state index contributed by atoms with van der Waals surface area (Å²) in [5.74, 6) is 0.125. The molecule has 0 bridgehead atoms. The van der Waals surface area contributed by atoms with Gasteiger partial charge in [0.25, 0.3) is 0 Å². The number of alkyl halides is 3. The number of rotatable bonds is 2. The molecule has 0 amide bonds. The molecule has 1 aromatic carbocycles. The van der Waals surface area contributed by atoms with Crippen LogP contribution < -0.4 is 0 Å². The average Bonchev–Trinajstić information content (AvgIpc) is 3.06. The summed E-state index contributed by atoms with van der Waals surface area (Å²) in [4.78, 5) is 5.12. The monoisotopic (exact) mass is 473 g/mol. The number of pyridine rings is 1. The van der Waals surface area contributed by atoms with E-state index in [1.54, 1.807) is 12.1 Å². The molecule has 184 valence electrons. The molecule has 3 nitrogen and oxygen atoms in total. The Bertz CT molecular complexity index is 1080. The van der Waals surface area contributed by atoms with E-state index < -0.39 is 29.5 Å². The molecule has 34 heavy (non-hydrogen) atoms. The molecule has 5 rings (SSSR count). The van der Waals surface area contributed by atoms with Crippen molar-refractivity contribution in [2.24, 2.45) is 5.41 Å². The van der Waals surface area contributed by atoms with Crippen molar-refractivity contribution >= 4 is 0 Å². The Labute approximate surface area is 199 Å². The standard InChI is InChI=1S/C28H34F3NO2/c1-16(2)24-22-23(21-19(32-24)14-26(3,4)15-20(21)33)27(12-6-5-7-13-27)34-25(22)17-8-10-18(11-9-17)28(29,30)31/h8-11,16,20,25,33H,5-7,12-15H2,1-4H3/t20?,25-/m1/s1. The van der Waals surface area contributed by atoms with Crippen molar-refractivity contribution in [1.82, 2.24) is 4.98 Å². The number of hydrogen-bond donors (Lipinski definition) is 1. The van der Waals surface area contributed by atoms with Crippen LogP contribution in [-0.2, 0) is 22.9 Å². The number of aliphatic hydroxyl groups excluding tert-OH is 1. The van der Waals surface area contributed by atoms with Crippen LogP contribution in [0.15, 0.2) is 24.3 Å². The third kappa shape index (κ3) is 3.87. The first-order valence-electron chi connectivity index (χ1n) is 12.5. The predicted molar refractivity (Wildman–Crippen MR) is 125 cm³/mol. The van der Waals surface area contributed by atoms with Gasteiger partial charge in [-0.15, -0.1) is 0 Å². The highest BCUT2D eigenvalue weighted by atomic mass is 19.4. The van der Waals surface area contributed by atoms with E-state index in [0.29, 0.717) is 12.0 Å². The number of halogens is 3. The predicted octanol–water partition coefficient (Wildman–Crippen LogP) is 7.51. The second-order valence-corrected chi connectivity index (χ2v) is 11.5. The molecule has 1 unspecified atom stereocenters. The maximum Gasteiger partial charge on any atom is 0.416 e. The van der Waals surface area contributed by atoms with E-state index in [9.17, 15) is 18.3 Å². The van der Waals surface area contributed by atoms with Gasteiger partial charge in [-0.05, 0) is 60.3 Å². The molecule has 2 aromatic rings. The summed E-state index contributed by atoms with van der Waals surface area (Å²) in [6.45, 7) is 8.55. The van der Waals surface area contributed by atoms with Crippen LogP contribution in [0, 0.1) is 5.41 Å². The molecule has 2 atom stereocenters. The second-order valence-electron chi connectivity index (χ2n) is 11.5. The lowest BCUT2D eigenvalue weighted by Gasteiger charge is -2.40. The van der Waals surface area contributed by atoms with E-state index in [1.807, 2.05) is 0 Å².